The van der Waals surface area contributed by atoms with Gasteiger partial charge in [-0.05, 0) is 6.08 Å². The maximum absolute atomic E-state index is 9.98. The molecule has 3 heteroatoms. The van der Waals surface area contributed by atoms with E-state index in [2.05, 4.69) is 10.3 Å². The van der Waals surface area contributed by atoms with E-state index in [0.29, 0.717) is 0 Å². The number of benzene rings is 1. The Morgan fingerprint density at radius 1 is 1.23 bits per heavy atom. The summed E-state index contributed by atoms with van der Waals surface area (Å²) >= 11 is 0. The molecule has 0 saturated heterocycles. The van der Waals surface area contributed by atoms with Gasteiger partial charge in [0.1, 0.15) is 0 Å². The third kappa shape index (κ3) is 1.46. The zero-order chi connectivity index (χ0) is 9.15. The van der Waals surface area contributed by atoms with Crippen LogP contribution in [0.2, 0.25) is 0 Å². The smallest absolute Gasteiger partial charge is 0.261 e. The Hall–Kier alpha value is -1.61. The maximum Gasteiger partial charge on any atom is 0.261 e. The van der Waals surface area contributed by atoms with Gasteiger partial charge in [0.05, 0.1) is 0 Å². The molecular weight excluding hydrogens is 164 g/mol. The standard InChI is InChI=1S/C10H10N2O/c13-10(11-7-4-8-12-10)9-5-2-1-3-6-9/h1-8,11,13H/t10-/m0/s1. The average molecular weight is 174 g/mol. The lowest BCUT2D eigenvalue weighted by Gasteiger charge is -2.25. The zero-order valence-corrected chi connectivity index (χ0v) is 7.01. The number of hydrogen-bond donors (Lipinski definition) is 2. The molecule has 2 N–H and O–H groups in total. The van der Waals surface area contributed by atoms with Crippen molar-refractivity contribution in [2.45, 2.75) is 5.85 Å². The summed E-state index contributed by atoms with van der Waals surface area (Å²) < 4.78 is 0. The van der Waals surface area contributed by atoms with Crippen molar-refractivity contribution in [3.63, 3.8) is 0 Å². The molecule has 0 fully saturated rings. The van der Waals surface area contributed by atoms with Crippen molar-refractivity contribution in [2.24, 2.45) is 4.99 Å². The second kappa shape index (κ2) is 3.03. The SMILES string of the molecule is O[C@]1(c2ccccc2)N=CC=CN1. The molecule has 0 aromatic heterocycles. The number of nitrogens with zero attached hydrogens (tertiary/aromatic N) is 1. The first-order valence-corrected chi connectivity index (χ1v) is 4.07. The van der Waals surface area contributed by atoms with Crippen molar-refractivity contribution in [1.29, 1.82) is 0 Å². The number of rotatable bonds is 1. The lowest BCUT2D eigenvalue weighted by Crippen LogP contribution is -2.38. The quantitative estimate of drug-likeness (QED) is 0.666. The first-order chi connectivity index (χ1) is 6.31. The monoisotopic (exact) mass is 174 g/mol. The van der Waals surface area contributed by atoms with Gasteiger partial charge in [0.25, 0.3) is 5.85 Å². The molecule has 0 bridgehead atoms. The summed E-state index contributed by atoms with van der Waals surface area (Å²) in [5, 5.41) is 12.8. The van der Waals surface area contributed by atoms with Gasteiger partial charge in [-0.1, -0.05) is 30.3 Å². The molecule has 13 heavy (non-hydrogen) atoms. The van der Waals surface area contributed by atoms with Crippen LogP contribution in [0.15, 0.2) is 47.6 Å². The number of nitrogens with one attached hydrogen (secondary N) is 1. The van der Waals surface area contributed by atoms with Gasteiger partial charge < -0.3 is 10.4 Å². The normalized spacial score (nSPS) is 25.6. The lowest BCUT2D eigenvalue weighted by atomic mass is 10.1. The van der Waals surface area contributed by atoms with Crippen LogP contribution < -0.4 is 5.32 Å². The van der Waals surface area contributed by atoms with Gasteiger partial charge in [-0.25, -0.2) is 4.99 Å². The van der Waals surface area contributed by atoms with Crippen molar-refractivity contribution in [1.82, 2.24) is 5.32 Å². The number of hydrogen-bond acceptors (Lipinski definition) is 3. The molecule has 3 nitrogen and oxygen atoms in total. The molecule has 1 atom stereocenters. The van der Waals surface area contributed by atoms with E-state index in [1.54, 1.807) is 18.5 Å². The molecule has 0 aliphatic carbocycles. The van der Waals surface area contributed by atoms with Crippen LogP contribution in [0.5, 0.6) is 0 Å². The van der Waals surface area contributed by atoms with E-state index in [9.17, 15) is 5.11 Å². The fourth-order valence-electron chi connectivity index (χ4n) is 1.22. The van der Waals surface area contributed by atoms with Gasteiger partial charge in [0.15, 0.2) is 0 Å². The second-order valence-corrected chi connectivity index (χ2v) is 2.82. The first kappa shape index (κ1) is 8.01. The van der Waals surface area contributed by atoms with Crippen molar-refractivity contribution in [3.05, 3.63) is 48.2 Å². The molecule has 1 aromatic carbocycles. The minimum Gasteiger partial charge on any atom is -0.349 e. The molecule has 66 valence electrons. The minimum absolute atomic E-state index is 0.732. The molecule has 0 spiro atoms. The molecule has 0 saturated carbocycles. The van der Waals surface area contributed by atoms with Crippen LogP contribution in [-0.4, -0.2) is 11.3 Å². The minimum atomic E-state index is -1.30. The summed E-state index contributed by atoms with van der Waals surface area (Å²) in [5.74, 6) is -1.30. The number of aliphatic hydroxyl groups is 1. The van der Waals surface area contributed by atoms with Crippen molar-refractivity contribution in [3.8, 4) is 0 Å². The highest BCUT2D eigenvalue weighted by atomic mass is 16.3. The third-order valence-electron chi connectivity index (χ3n) is 1.90. The van der Waals surface area contributed by atoms with Crippen LogP contribution in [0, 0.1) is 0 Å². The molecule has 1 aliphatic rings. The van der Waals surface area contributed by atoms with Crippen LogP contribution in [0.4, 0.5) is 0 Å². The van der Waals surface area contributed by atoms with E-state index >= 15 is 0 Å². The van der Waals surface area contributed by atoms with Crippen molar-refractivity contribution >= 4 is 6.21 Å². The Morgan fingerprint density at radius 3 is 2.62 bits per heavy atom. The Balaban J connectivity index is 2.35. The van der Waals surface area contributed by atoms with Crippen LogP contribution in [0.25, 0.3) is 0 Å². The highest BCUT2D eigenvalue weighted by molar-refractivity contribution is 5.72. The topological polar surface area (TPSA) is 44.6 Å². The van der Waals surface area contributed by atoms with Gasteiger partial charge in [0.2, 0.25) is 0 Å². The largest absolute Gasteiger partial charge is 0.349 e. The fourth-order valence-corrected chi connectivity index (χ4v) is 1.22. The van der Waals surface area contributed by atoms with Crippen LogP contribution >= 0.6 is 0 Å². The summed E-state index contributed by atoms with van der Waals surface area (Å²) in [4.78, 5) is 3.96. The molecule has 2 rings (SSSR count). The molecular formula is C10H10N2O. The maximum atomic E-state index is 9.98. The molecule has 0 radical (unpaired) electrons. The molecule has 1 aromatic rings. The fraction of sp³-hybridized carbons (Fsp3) is 0.100. The van der Waals surface area contributed by atoms with E-state index in [0.717, 1.165) is 5.56 Å². The molecule has 1 aliphatic heterocycles. The summed E-state index contributed by atoms with van der Waals surface area (Å²) in [5.41, 5.74) is 0.732. The van der Waals surface area contributed by atoms with E-state index in [1.807, 2.05) is 30.3 Å². The summed E-state index contributed by atoms with van der Waals surface area (Å²) in [6.07, 6.45) is 4.97. The Labute approximate surface area is 76.4 Å². The number of aliphatic imine (C=N–C) groups is 1. The first-order valence-electron chi connectivity index (χ1n) is 4.07. The Morgan fingerprint density at radius 2 is 2.00 bits per heavy atom. The molecule has 0 unspecified atom stereocenters. The third-order valence-corrected chi connectivity index (χ3v) is 1.90. The van der Waals surface area contributed by atoms with Crippen molar-refractivity contribution in [2.75, 3.05) is 0 Å². The van der Waals surface area contributed by atoms with Crippen LogP contribution in [0.1, 0.15) is 5.56 Å². The lowest BCUT2D eigenvalue weighted by molar-refractivity contribution is 0.0233. The number of allylic oxidation sites excluding steroid dienone is 1. The summed E-state index contributed by atoms with van der Waals surface area (Å²) in [7, 11) is 0. The summed E-state index contributed by atoms with van der Waals surface area (Å²) in [6, 6.07) is 9.27. The Bertz CT molecular complexity index is 345. The zero-order valence-electron chi connectivity index (χ0n) is 7.01. The van der Waals surface area contributed by atoms with E-state index in [4.69, 9.17) is 0 Å². The van der Waals surface area contributed by atoms with Gasteiger partial charge in [-0.3, -0.25) is 0 Å². The van der Waals surface area contributed by atoms with Crippen molar-refractivity contribution < 1.29 is 5.11 Å². The second-order valence-electron chi connectivity index (χ2n) is 2.82. The van der Waals surface area contributed by atoms with E-state index in [1.165, 1.54) is 0 Å². The average Bonchev–Trinajstić information content (AvgIpc) is 2.20. The molecule has 0 amide bonds. The van der Waals surface area contributed by atoms with Gasteiger partial charge in [-0.15, -0.1) is 0 Å². The van der Waals surface area contributed by atoms with Gasteiger partial charge in [0, 0.05) is 18.0 Å². The van der Waals surface area contributed by atoms with Gasteiger partial charge in [-0.2, -0.15) is 0 Å². The van der Waals surface area contributed by atoms with Crippen LogP contribution in [0.3, 0.4) is 0 Å². The van der Waals surface area contributed by atoms with Gasteiger partial charge >= 0.3 is 0 Å². The highest BCUT2D eigenvalue weighted by Crippen LogP contribution is 2.20. The van der Waals surface area contributed by atoms with E-state index in [-0.39, 0.29) is 0 Å². The predicted octanol–water partition coefficient (Wildman–Crippen LogP) is 0.977. The predicted molar refractivity (Wildman–Crippen MR) is 51.1 cm³/mol. The van der Waals surface area contributed by atoms with Crippen LogP contribution in [-0.2, 0) is 5.85 Å². The molecule has 1 heterocycles. The summed E-state index contributed by atoms with van der Waals surface area (Å²) in [6.45, 7) is 0. The highest BCUT2D eigenvalue weighted by Gasteiger charge is 2.26. The Kier molecular flexibility index (Phi) is 1.87. The van der Waals surface area contributed by atoms with E-state index < -0.39 is 5.85 Å².